The number of rotatable bonds is 10. The van der Waals surface area contributed by atoms with Gasteiger partial charge in [0.1, 0.15) is 5.75 Å². The third kappa shape index (κ3) is 6.73. The van der Waals surface area contributed by atoms with Gasteiger partial charge in [-0.15, -0.1) is 0 Å². The van der Waals surface area contributed by atoms with E-state index in [-0.39, 0.29) is 11.8 Å². The topological polar surface area (TPSA) is 61.9 Å². The highest BCUT2D eigenvalue weighted by Gasteiger charge is 2.25. The van der Waals surface area contributed by atoms with E-state index in [2.05, 4.69) is 31.0 Å². The Kier molecular flexibility index (Phi) is 9.16. The molecule has 2 aromatic rings. The Morgan fingerprint density at radius 1 is 0.909 bits per heavy atom. The Morgan fingerprint density at radius 3 is 2.12 bits per heavy atom. The monoisotopic (exact) mass is 451 g/mol. The second-order valence-corrected chi connectivity index (χ2v) is 8.55. The van der Waals surface area contributed by atoms with Crippen molar-refractivity contribution in [1.82, 2.24) is 4.90 Å². The van der Waals surface area contributed by atoms with Gasteiger partial charge in [-0.05, 0) is 67.8 Å². The van der Waals surface area contributed by atoms with Crippen LogP contribution in [0.1, 0.15) is 56.8 Å². The number of anilines is 2. The molecule has 1 aliphatic rings. The van der Waals surface area contributed by atoms with Crippen LogP contribution in [-0.2, 0) is 4.79 Å². The van der Waals surface area contributed by atoms with Crippen LogP contribution in [0.25, 0.3) is 0 Å². The van der Waals surface area contributed by atoms with Gasteiger partial charge in [0.25, 0.3) is 5.91 Å². The maximum absolute atomic E-state index is 12.6. The van der Waals surface area contributed by atoms with Crippen molar-refractivity contribution in [2.75, 3.05) is 43.0 Å². The number of hydrogen-bond acceptors (Lipinski definition) is 4. The number of ether oxygens (including phenoxy) is 1. The van der Waals surface area contributed by atoms with E-state index >= 15 is 0 Å². The molecule has 0 spiro atoms. The van der Waals surface area contributed by atoms with Gasteiger partial charge in [0.15, 0.2) is 0 Å². The van der Waals surface area contributed by atoms with Gasteiger partial charge in [0.05, 0.1) is 6.61 Å². The molecular formula is C27H37N3O3. The Bertz CT molecular complexity index is 884. The molecule has 3 rings (SSSR count). The van der Waals surface area contributed by atoms with E-state index in [9.17, 15) is 9.59 Å². The van der Waals surface area contributed by atoms with Crippen molar-refractivity contribution in [3.8, 4) is 5.75 Å². The number of hydrogen-bond donors (Lipinski definition) is 1. The highest BCUT2D eigenvalue weighted by molar-refractivity contribution is 6.04. The molecule has 6 nitrogen and oxygen atoms in total. The number of unbranched alkanes of at least 4 members (excludes halogenated alkanes) is 1. The highest BCUT2D eigenvalue weighted by atomic mass is 16.5. The van der Waals surface area contributed by atoms with Gasteiger partial charge in [-0.3, -0.25) is 9.59 Å². The molecule has 0 radical (unpaired) electrons. The van der Waals surface area contributed by atoms with Crippen LogP contribution in [0.3, 0.4) is 0 Å². The first-order valence-corrected chi connectivity index (χ1v) is 12.2. The minimum Gasteiger partial charge on any atom is -0.494 e. The van der Waals surface area contributed by atoms with Crippen LogP contribution in [0.15, 0.2) is 48.5 Å². The van der Waals surface area contributed by atoms with E-state index in [1.165, 1.54) is 0 Å². The summed E-state index contributed by atoms with van der Waals surface area (Å²) in [4.78, 5) is 29.5. The molecule has 0 aromatic heterocycles. The molecule has 0 bridgehead atoms. The standard InChI is InChI=1S/C27H37N3O3/c1-4-7-20-33-25-14-8-22(9-15-25)26(31)28-23-10-12-24(13-11-23)29-16-18-30(19-17-29)27(32)21(5-2)6-3/h8-15,21H,4-7,16-20H2,1-3H3,(H,28,31). The summed E-state index contributed by atoms with van der Waals surface area (Å²) in [6.07, 6.45) is 3.91. The fourth-order valence-corrected chi connectivity index (χ4v) is 4.08. The van der Waals surface area contributed by atoms with Gasteiger partial charge in [-0.1, -0.05) is 27.2 Å². The molecule has 1 N–H and O–H groups in total. The molecule has 2 aromatic carbocycles. The van der Waals surface area contributed by atoms with E-state index in [0.717, 1.165) is 69.0 Å². The lowest BCUT2D eigenvalue weighted by Crippen LogP contribution is -2.50. The molecule has 0 atom stereocenters. The minimum absolute atomic E-state index is 0.142. The Labute approximate surface area is 197 Å². The van der Waals surface area contributed by atoms with Crippen molar-refractivity contribution in [2.45, 2.75) is 46.5 Å². The molecule has 178 valence electrons. The first-order chi connectivity index (χ1) is 16.0. The SMILES string of the molecule is CCCCOc1ccc(C(=O)Nc2ccc(N3CCN(C(=O)C(CC)CC)CC3)cc2)cc1. The third-order valence-corrected chi connectivity index (χ3v) is 6.30. The summed E-state index contributed by atoms with van der Waals surface area (Å²) >= 11 is 0. The minimum atomic E-state index is -0.142. The fraction of sp³-hybridized carbons (Fsp3) is 0.481. The quantitative estimate of drug-likeness (QED) is 0.504. The number of nitrogens with one attached hydrogen (secondary N) is 1. The van der Waals surface area contributed by atoms with Gasteiger partial charge >= 0.3 is 0 Å². The molecule has 1 saturated heterocycles. The van der Waals surface area contributed by atoms with Crippen LogP contribution in [0.4, 0.5) is 11.4 Å². The summed E-state index contributed by atoms with van der Waals surface area (Å²) in [5, 5.41) is 2.96. The summed E-state index contributed by atoms with van der Waals surface area (Å²) in [5.41, 5.74) is 2.46. The van der Waals surface area contributed by atoms with Crippen molar-refractivity contribution in [3.63, 3.8) is 0 Å². The number of benzene rings is 2. The van der Waals surface area contributed by atoms with Crippen LogP contribution < -0.4 is 15.0 Å². The number of piperazine rings is 1. The summed E-state index contributed by atoms with van der Waals surface area (Å²) < 4.78 is 5.65. The van der Waals surface area contributed by atoms with Gasteiger partial charge in [0.2, 0.25) is 5.91 Å². The predicted octanol–water partition coefficient (Wildman–Crippen LogP) is 5.20. The van der Waals surface area contributed by atoms with Crippen LogP contribution in [-0.4, -0.2) is 49.5 Å². The lowest BCUT2D eigenvalue weighted by Gasteiger charge is -2.37. The molecule has 1 fully saturated rings. The number of nitrogens with zero attached hydrogens (tertiary/aromatic N) is 2. The molecule has 1 heterocycles. The predicted molar refractivity (Wildman–Crippen MR) is 134 cm³/mol. The summed E-state index contributed by atoms with van der Waals surface area (Å²) in [6, 6.07) is 15.1. The molecule has 2 amide bonds. The number of carbonyl (C=O) groups is 2. The second kappa shape index (κ2) is 12.3. The van der Waals surface area contributed by atoms with Crippen LogP contribution in [0.5, 0.6) is 5.75 Å². The third-order valence-electron chi connectivity index (χ3n) is 6.30. The number of amides is 2. The molecule has 33 heavy (non-hydrogen) atoms. The van der Waals surface area contributed by atoms with E-state index in [1.54, 1.807) is 12.1 Å². The molecule has 1 aliphatic heterocycles. The Morgan fingerprint density at radius 2 is 1.55 bits per heavy atom. The lowest BCUT2D eigenvalue weighted by atomic mass is 10.0. The van der Waals surface area contributed by atoms with Crippen molar-refractivity contribution in [2.24, 2.45) is 5.92 Å². The van der Waals surface area contributed by atoms with E-state index < -0.39 is 0 Å². The maximum Gasteiger partial charge on any atom is 0.255 e. The average molecular weight is 452 g/mol. The second-order valence-electron chi connectivity index (χ2n) is 8.55. The number of carbonyl (C=O) groups excluding carboxylic acids is 2. The Balaban J connectivity index is 1.50. The van der Waals surface area contributed by atoms with Crippen molar-refractivity contribution in [1.29, 1.82) is 0 Å². The lowest BCUT2D eigenvalue weighted by molar-refractivity contribution is -0.136. The van der Waals surface area contributed by atoms with Crippen molar-refractivity contribution >= 4 is 23.2 Å². The molecule has 6 heteroatoms. The zero-order valence-electron chi connectivity index (χ0n) is 20.2. The first-order valence-electron chi connectivity index (χ1n) is 12.2. The Hall–Kier alpha value is -3.02. The maximum atomic E-state index is 12.6. The molecule has 0 unspecified atom stereocenters. The summed E-state index contributed by atoms with van der Waals surface area (Å²) in [6.45, 7) is 10.1. The molecule has 0 saturated carbocycles. The van der Waals surface area contributed by atoms with Gasteiger partial charge in [-0.2, -0.15) is 0 Å². The van der Waals surface area contributed by atoms with Crippen molar-refractivity contribution < 1.29 is 14.3 Å². The fourth-order valence-electron chi connectivity index (χ4n) is 4.08. The highest BCUT2D eigenvalue weighted by Crippen LogP contribution is 2.22. The normalized spacial score (nSPS) is 13.8. The van der Waals surface area contributed by atoms with Gasteiger partial charge in [-0.25, -0.2) is 0 Å². The van der Waals surface area contributed by atoms with Gasteiger partial charge < -0.3 is 19.9 Å². The first kappa shape index (κ1) is 24.6. The van der Waals surface area contributed by atoms with Gasteiger partial charge in [0, 0.05) is 49.0 Å². The molecule has 0 aliphatic carbocycles. The van der Waals surface area contributed by atoms with Crippen LogP contribution in [0.2, 0.25) is 0 Å². The zero-order chi connectivity index (χ0) is 23.6. The average Bonchev–Trinajstić information content (AvgIpc) is 2.86. The zero-order valence-corrected chi connectivity index (χ0v) is 20.2. The smallest absolute Gasteiger partial charge is 0.255 e. The summed E-state index contributed by atoms with van der Waals surface area (Å²) in [5.74, 6) is 1.07. The molecular weight excluding hydrogens is 414 g/mol. The van der Waals surface area contributed by atoms with Crippen LogP contribution in [0, 0.1) is 5.92 Å². The van der Waals surface area contributed by atoms with E-state index in [0.29, 0.717) is 18.1 Å². The summed E-state index contributed by atoms with van der Waals surface area (Å²) in [7, 11) is 0. The largest absolute Gasteiger partial charge is 0.494 e. The van der Waals surface area contributed by atoms with Crippen molar-refractivity contribution in [3.05, 3.63) is 54.1 Å². The van der Waals surface area contributed by atoms with E-state index in [4.69, 9.17) is 4.74 Å². The van der Waals surface area contributed by atoms with Crippen LogP contribution >= 0.6 is 0 Å². The van der Waals surface area contributed by atoms with E-state index in [1.807, 2.05) is 41.3 Å².